The predicted molar refractivity (Wildman–Crippen MR) is 39.3 cm³/mol. The van der Waals surface area contributed by atoms with Crippen LogP contribution in [0.15, 0.2) is 11.4 Å². The van der Waals surface area contributed by atoms with Crippen molar-refractivity contribution in [3.8, 4) is 0 Å². The quantitative estimate of drug-likeness (QED) is 0.128. The lowest BCUT2D eigenvalue weighted by molar-refractivity contribution is -0.420. The average Bonchev–Trinajstić information content (AvgIpc) is 2.03. The Morgan fingerprint density at radius 3 is 2.17 bits per heavy atom. The van der Waals surface area contributed by atoms with E-state index in [4.69, 9.17) is 11.7 Å². The Kier molecular flexibility index (Phi) is 3.67. The van der Waals surface area contributed by atoms with Gasteiger partial charge < -0.3 is 5.43 Å². The van der Waals surface area contributed by atoms with E-state index < -0.39 is 16.5 Å². The SMILES string of the molecule is C/C(NN)=C(\C(=O)NN)[N+](=O)[O-]. The molecule has 0 bridgehead atoms. The summed E-state index contributed by atoms with van der Waals surface area (Å²) in [4.78, 5) is 20.1. The van der Waals surface area contributed by atoms with Crippen LogP contribution < -0.4 is 22.5 Å². The summed E-state index contributed by atoms with van der Waals surface area (Å²) in [6, 6.07) is 0. The standard InChI is InChI=1S/C4H9N5O3/c1-2(7-5)3(9(11)12)4(10)8-6/h7H,5-6H2,1H3,(H,8,10)/b3-2-. The van der Waals surface area contributed by atoms with E-state index >= 15 is 0 Å². The van der Waals surface area contributed by atoms with Gasteiger partial charge in [0, 0.05) is 0 Å². The van der Waals surface area contributed by atoms with Crippen molar-refractivity contribution in [2.75, 3.05) is 0 Å². The molecule has 0 radical (unpaired) electrons. The summed E-state index contributed by atoms with van der Waals surface area (Å²) in [6.07, 6.45) is 0. The van der Waals surface area contributed by atoms with E-state index in [1.165, 1.54) is 6.92 Å². The van der Waals surface area contributed by atoms with Gasteiger partial charge in [0.1, 0.15) is 5.70 Å². The third-order valence-corrected chi connectivity index (χ3v) is 1.10. The molecule has 0 rings (SSSR count). The van der Waals surface area contributed by atoms with E-state index in [-0.39, 0.29) is 5.70 Å². The predicted octanol–water partition coefficient (Wildman–Crippen LogP) is -2.05. The normalized spacial score (nSPS) is 11.6. The zero-order valence-electron chi connectivity index (χ0n) is 6.33. The third-order valence-electron chi connectivity index (χ3n) is 1.10. The summed E-state index contributed by atoms with van der Waals surface area (Å²) < 4.78 is 0. The van der Waals surface area contributed by atoms with Crippen molar-refractivity contribution in [2.24, 2.45) is 11.7 Å². The van der Waals surface area contributed by atoms with E-state index in [1.807, 2.05) is 5.43 Å². The first-order valence-corrected chi connectivity index (χ1v) is 2.87. The van der Waals surface area contributed by atoms with Crippen LogP contribution in [0.3, 0.4) is 0 Å². The van der Waals surface area contributed by atoms with Crippen molar-refractivity contribution in [2.45, 2.75) is 6.92 Å². The Labute approximate surface area is 67.7 Å². The van der Waals surface area contributed by atoms with Crippen LogP contribution in [0.1, 0.15) is 6.92 Å². The van der Waals surface area contributed by atoms with E-state index in [1.54, 1.807) is 5.43 Å². The van der Waals surface area contributed by atoms with Crippen molar-refractivity contribution in [1.29, 1.82) is 0 Å². The molecule has 0 fully saturated rings. The van der Waals surface area contributed by atoms with Crippen LogP contribution >= 0.6 is 0 Å². The molecule has 0 unspecified atom stereocenters. The monoisotopic (exact) mass is 175 g/mol. The van der Waals surface area contributed by atoms with E-state index in [9.17, 15) is 14.9 Å². The molecule has 12 heavy (non-hydrogen) atoms. The number of rotatable bonds is 3. The fourth-order valence-corrected chi connectivity index (χ4v) is 0.527. The number of allylic oxidation sites excluding steroid dienone is 1. The van der Waals surface area contributed by atoms with Gasteiger partial charge in [-0.1, -0.05) is 0 Å². The van der Waals surface area contributed by atoms with E-state index in [0.29, 0.717) is 0 Å². The highest BCUT2D eigenvalue weighted by atomic mass is 16.6. The summed E-state index contributed by atoms with van der Waals surface area (Å²) in [7, 11) is 0. The van der Waals surface area contributed by atoms with Gasteiger partial charge in [-0.3, -0.25) is 26.2 Å². The molecule has 0 saturated heterocycles. The fourth-order valence-electron chi connectivity index (χ4n) is 0.527. The number of nitrogens with one attached hydrogen (secondary N) is 2. The maximum Gasteiger partial charge on any atom is 0.354 e. The molecule has 0 spiro atoms. The van der Waals surface area contributed by atoms with Gasteiger partial charge >= 0.3 is 11.6 Å². The fraction of sp³-hybridized carbons (Fsp3) is 0.250. The van der Waals surface area contributed by atoms with Crippen LogP contribution in [0.2, 0.25) is 0 Å². The molecular formula is C4H9N5O3. The van der Waals surface area contributed by atoms with Crippen molar-refractivity contribution >= 4 is 5.91 Å². The molecule has 8 nitrogen and oxygen atoms in total. The van der Waals surface area contributed by atoms with Crippen LogP contribution in [-0.2, 0) is 4.79 Å². The molecule has 68 valence electrons. The second kappa shape index (κ2) is 4.26. The molecule has 0 aliphatic rings. The Morgan fingerprint density at radius 2 is 1.92 bits per heavy atom. The number of hydrazine groups is 2. The lowest BCUT2D eigenvalue weighted by atomic mass is 10.3. The second-order valence-electron chi connectivity index (χ2n) is 1.85. The lowest BCUT2D eigenvalue weighted by Crippen LogP contribution is -2.36. The minimum absolute atomic E-state index is 0.0667. The third kappa shape index (κ3) is 2.18. The van der Waals surface area contributed by atoms with Crippen molar-refractivity contribution < 1.29 is 9.72 Å². The van der Waals surface area contributed by atoms with E-state index in [0.717, 1.165) is 0 Å². The van der Waals surface area contributed by atoms with Crippen molar-refractivity contribution in [3.05, 3.63) is 21.5 Å². The van der Waals surface area contributed by atoms with Gasteiger partial charge in [-0.25, -0.2) is 5.84 Å². The molecule has 0 aromatic heterocycles. The summed E-state index contributed by atoms with van der Waals surface area (Å²) in [5.41, 5.74) is 2.84. The van der Waals surface area contributed by atoms with Crippen LogP contribution in [0.25, 0.3) is 0 Å². The molecule has 0 atom stereocenters. The molecule has 0 heterocycles. The first-order valence-electron chi connectivity index (χ1n) is 2.87. The molecular weight excluding hydrogens is 166 g/mol. The number of hydrogen-bond donors (Lipinski definition) is 4. The van der Waals surface area contributed by atoms with Crippen LogP contribution in [-0.4, -0.2) is 10.8 Å². The maximum atomic E-state index is 10.7. The number of amides is 1. The van der Waals surface area contributed by atoms with Crippen molar-refractivity contribution in [3.63, 3.8) is 0 Å². The summed E-state index contributed by atoms with van der Waals surface area (Å²) in [5.74, 6) is 8.56. The zero-order chi connectivity index (χ0) is 9.72. The highest BCUT2D eigenvalue weighted by Gasteiger charge is 2.23. The molecule has 1 amide bonds. The Balaban J connectivity index is 4.91. The first-order chi connectivity index (χ1) is 5.54. The Morgan fingerprint density at radius 1 is 1.42 bits per heavy atom. The number of carbonyl (C=O) groups is 1. The number of hydrogen-bond acceptors (Lipinski definition) is 6. The number of nitrogens with zero attached hydrogens (tertiary/aromatic N) is 1. The van der Waals surface area contributed by atoms with Crippen molar-refractivity contribution in [1.82, 2.24) is 10.9 Å². The van der Waals surface area contributed by atoms with Gasteiger partial charge in [-0.15, -0.1) is 0 Å². The zero-order valence-corrected chi connectivity index (χ0v) is 6.33. The minimum Gasteiger partial charge on any atom is -0.322 e. The second-order valence-corrected chi connectivity index (χ2v) is 1.85. The maximum absolute atomic E-state index is 10.7. The molecule has 0 aliphatic heterocycles. The number of nitrogens with two attached hydrogens (primary N) is 2. The summed E-state index contributed by atoms with van der Waals surface area (Å²) >= 11 is 0. The van der Waals surface area contributed by atoms with Crippen LogP contribution in [0.4, 0.5) is 0 Å². The minimum atomic E-state index is -1.00. The molecule has 0 aliphatic carbocycles. The lowest BCUT2D eigenvalue weighted by Gasteiger charge is -2.01. The summed E-state index contributed by atoms with van der Waals surface area (Å²) in [6.45, 7) is 1.29. The molecule has 0 aromatic carbocycles. The molecule has 8 heteroatoms. The smallest absolute Gasteiger partial charge is 0.322 e. The highest BCUT2D eigenvalue weighted by molar-refractivity contribution is 5.91. The van der Waals surface area contributed by atoms with Gasteiger partial charge in [-0.2, -0.15) is 0 Å². The highest BCUT2D eigenvalue weighted by Crippen LogP contribution is 2.00. The number of carbonyl (C=O) groups excluding carboxylic acids is 1. The largest absolute Gasteiger partial charge is 0.354 e. The van der Waals surface area contributed by atoms with Gasteiger partial charge in [-0.05, 0) is 6.92 Å². The Bertz CT molecular complexity index is 235. The van der Waals surface area contributed by atoms with E-state index in [2.05, 4.69) is 0 Å². The topological polar surface area (TPSA) is 136 Å². The van der Waals surface area contributed by atoms with Gasteiger partial charge in [0.25, 0.3) is 0 Å². The first kappa shape index (κ1) is 10.3. The van der Waals surface area contributed by atoms with Crippen LogP contribution in [0, 0.1) is 10.1 Å². The number of nitro groups is 1. The van der Waals surface area contributed by atoms with Gasteiger partial charge in [0.2, 0.25) is 0 Å². The van der Waals surface area contributed by atoms with Gasteiger partial charge in [0.15, 0.2) is 0 Å². The molecule has 0 aromatic rings. The van der Waals surface area contributed by atoms with Crippen LogP contribution in [0.5, 0.6) is 0 Å². The molecule has 0 saturated carbocycles. The molecule has 6 N–H and O–H groups in total. The Hall–Kier alpha value is -1.67. The van der Waals surface area contributed by atoms with Gasteiger partial charge in [0.05, 0.1) is 4.92 Å². The summed E-state index contributed by atoms with van der Waals surface area (Å²) in [5, 5.41) is 10.2. The average molecular weight is 175 g/mol.